The van der Waals surface area contributed by atoms with Gasteiger partial charge in [0.1, 0.15) is 22.4 Å². The molecular weight excluding hydrogens is 396 g/mol. The van der Waals surface area contributed by atoms with Crippen molar-refractivity contribution < 1.29 is 13.4 Å². The molecule has 0 aliphatic carbocycles. The third-order valence-corrected chi connectivity index (χ3v) is 6.89. The van der Waals surface area contributed by atoms with Gasteiger partial charge in [0, 0.05) is 34.5 Å². The van der Waals surface area contributed by atoms with Crippen molar-refractivity contribution in [3.05, 3.63) is 84.4 Å². The maximum Gasteiger partial charge on any atom is 0.259 e. The van der Waals surface area contributed by atoms with Crippen molar-refractivity contribution >= 4 is 54.7 Å². The monoisotopic (exact) mass is 417 g/mol. The summed E-state index contributed by atoms with van der Waals surface area (Å²) in [5.41, 5.74) is 7.46. The molecule has 0 atom stereocenters. The molecule has 32 heavy (non-hydrogen) atoms. The molecule has 4 heteroatoms. The average Bonchev–Trinajstić information content (AvgIpc) is 3.47. The Bertz CT molecular complexity index is 1860. The van der Waals surface area contributed by atoms with E-state index in [0.717, 1.165) is 32.9 Å². The summed E-state index contributed by atoms with van der Waals surface area (Å²) in [5.74, 6) is 1.18. The lowest BCUT2D eigenvalue weighted by molar-refractivity contribution is -0.651. The molecule has 0 saturated heterocycles. The second-order valence-corrected chi connectivity index (χ2v) is 8.61. The Morgan fingerprint density at radius 1 is 0.781 bits per heavy atom. The van der Waals surface area contributed by atoms with E-state index in [1.807, 2.05) is 12.1 Å². The number of para-hydroxylation sites is 1. The minimum atomic E-state index is 0.845. The molecule has 3 heterocycles. The Balaban J connectivity index is 1.72. The summed E-state index contributed by atoms with van der Waals surface area (Å²) in [6, 6.07) is 23.4. The Kier molecular flexibility index (Phi) is 3.31. The number of imidazole rings is 1. The summed E-state index contributed by atoms with van der Waals surface area (Å²) in [7, 11) is 2.15. The van der Waals surface area contributed by atoms with Gasteiger partial charge < -0.3 is 8.83 Å². The third-order valence-electron chi connectivity index (χ3n) is 6.89. The summed E-state index contributed by atoms with van der Waals surface area (Å²) in [6.45, 7) is 4.35. The normalized spacial score (nSPS) is 12.2. The maximum atomic E-state index is 6.29. The Morgan fingerprint density at radius 3 is 2.50 bits per heavy atom. The number of hydrogen-bond acceptors (Lipinski definition) is 2. The molecule has 0 aliphatic heterocycles. The fourth-order valence-electron chi connectivity index (χ4n) is 5.24. The van der Waals surface area contributed by atoms with Gasteiger partial charge in [-0.25, -0.2) is 4.57 Å². The van der Waals surface area contributed by atoms with E-state index in [1.54, 1.807) is 6.26 Å². The minimum absolute atomic E-state index is 0.845. The quantitative estimate of drug-likeness (QED) is 0.273. The molecule has 0 radical (unpaired) electrons. The first kappa shape index (κ1) is 17.6. The van der Waals surface area contributed by atoms with E-state index >= 15 is 0 Å². The summed E-state index contributed by atoms with van der Waals surface area (Å²) < 4.78 is 16.6. The maximum absolute atomic E-state index is 6.29. The lowest BCUT2D eigenvalue weighted by atomic mass is 10.0. The van der Waals surface area contributed by atoms with Crippen molar-refractivity contribution in [1.29, 1.82) is 0 Å². The second kappa shape index (κ2) is 6.01. The number of aromatic nitrogens is 2. The van der Waals surface area contributed by atoms with E-state index in [4.69, 9.17) is 8.83 Å². The van der Waals surface area contributed by atoms with E-state index in [-0.39, 0.29) is 0 Å². The molecule has 4 nitrogen and oxygen atoms in total. The molecular formula is C28H21N2O2+. The van der Waals surface area contributed by atoms with Crippen LogP contribution < -0.4 is 4.57 Å². The predicted octanol–water partition coefficient (Wildman–Crippen LogP) is 6.87. The van der Waals surface area contributed by atoms with Crippen molar-refractivity contribution in [3.63, 3.8) is 0 Å². The topological polar surface area (TPSA) is 35.1 Å². The molecule has 7 aromatic rings. The van der Waals surface area contributed by atoms with Crippen molar-refractivity contribution in [3.8, 4) is 5.69 Å². The molecule has 0 aliphatic rings. The zero-order valence-electron chi connectivity index (χ0n) is 18.1. The van der Waals surface area contributed by atoms with Gasteiger partial charge in [-0.3, -0.25) is 0 Å². The van der Waals surface area contributed by atoms with Crippen LogP contribution in [0.25, 0.3) is 60.4 Å². The van der Waals surface area contributed by atoms with Crippen LogP contribution >= 0.6 is 0 Å². The van der Waals surface area contributed by atoms with Crippen LogP contribution in [-0.2, 0) is 7.05 Å². The minimum Gasteiger partial charge on any atom is -0.464 e. The number of nitrogens with zero attached hydrogens (tertiary/aromatic N) is 2. The van der Waals surface area contributed by atoms with Crippen LogP contribution in [0.1, 0.15) is 11.4 Å². The average molecular weight is 417 g/mol. The summed E-state index contributed by atoms with van der Waals surface area (Å²) >= 11 is 0. The van der Waals surface area contributed by atoms with Crippen LogP contribution in [0.2, 0.25) is 0 Å². The first-order valence-corrected chi connectivity index (χ1v) is 10.8. The van der Waals surface area contributed by atoms with Gasteiger partial charge in [0.2, 0.25) is 0 Å². The molecule has 0 amide bonds. The highest BCUT2D eigenvalue weighted by Crippen LogP contribution is 2.39. The highest BCUT2D eigenvalue weighted by molar-refractivity contribution is 6.26. The first-order chi connectivity index (χ1) is 15.6. The van der Waals surface area contributed by atoms with Gasteiger partial charge in [-0.15, -0.1) is 0 Å². The SMILES string of the molecule is Cc1ccccc1-n1c(C)[n+](C)c2c3c(ccc4oc5cc6occc6cc5c43)ccc21. The van der Waals surface area contributed by atoms with Crippen LogP contribution in [-0.4, -0.2) is 4.57 Å². The smallest absolute Gasteiger partial charge is 0.259 e. The molecule has 0 unspecified atom stereocenters. The lowest BCUT2D eigenvalue weighted by Crippen LogP contribution is -2.31. The summed E-state index contributed by atoms with van der Waals surface area (Å²) in [6.07, 6.45) is 1.73. The molecule has 0 fully saturated rings. The second-order valence-electron chi connectivity index (χ2n) is 8.61. The zero-order valence-corrected chi connectivity index (χ0v) is 18.1. The van der Waals surface area contributed by atoms with Crippen molar-refractivity contribution in [2.75, 3.05) is 0 Å². The third kappa shape index (κ3) is 2.14. The van der Waals surface area contributed by atoms with Crippen LogP contribution in [0.15, 0.2) is 81.8 Å². The van der Waals surface area contributed by atoms with E-state index < -0.39 is 0 Å². The van der Waals surface area contributed by atoms with Crippen LogP contribution in [0.5, 0.6) is 0 Å². The predicted molar refractivity (Wildman–Crippen MR) is 128 cm³/mol. The molecule has 0 bridgehead atoms. The van der Waals surface area contributed by atoms with Gasteiger partial charge in [-0.05, 0) is 54.3 Å². The van der Waals surface area contributed by atoms with Gasteiger partial charge in [0.15, 0.2) is 11.0 Å². The fourth-order valence-corrected chi connectivity index (χ4v) is 5.24. The molecule has 0 saturated carbocycles. The molecule has 154 valence electrons. The van der Waals surface area contributed by atoms with Gasteiger partial charge in [0.25, 0.3) is 5.82 Å². The van der Waals surface area contributed by atoms with Crippen LogP contribution in [0, 0.1) is 13.8 Å². The van der Waals surface area contributed by atoms with Gasteiger partial charge >= 0.3 is 0 Å². The molecule has 3 aromatic heterocycles. The number of benzene rings is 4. The highest BCUT2D eigenvalue weighted by Gasteiger charge is 2.26. The molecule has 4 aromatic carbocycles. The first-order valence-electron chi connectivity index (χ1n) is 10.8. The largest absolute Gasteiger partial charge is 0.464 e. The summed E-state index contributed by atoms with van der Waals surface area (Å²) in [5, 5.41) is 5.79. The Labute approximate surface area is 183 Å². The van der Waals surface area contributed by atoms with Gasteiger partial charge in [0.05, 0.1) is 13.3 Å². The van der Waals surface area contributed by atoms with E-state index in [0.29, 0.717) is 0 Å². The van der Waals surface area contributed by atoms with Gasteiger partial charge in [-0.2, -0.15) is 4.57 Å². The van der Waals surface area contributed by atoms with Crippen molar-refractivity contribution in [2.45, 2.75) is 13.8 Å². The van der Waals surface area contributed by atoms with Crippen molar-refractivity contribution in [1.82, 2.24) is 4.57 Å². The Hall–Kier alpha value is -4.05. The molecule has 0 N–H and O–H groups in total. The van der Waals surface area contributed by atoms with Crippen LogP contribution in [0.4, 0.5) is 0 Å². The number of rotatable bonds is 1. The number of fused-ring (bicyclic) bond motifs is 8. The molecule has 7 rings (SSSR count). The molecule has 0 spiro atoms. The van der Waals surface area contributed by atoms with Crippen molar-refractivity contribution in [2.24, 2.45) is 7.05 Å². The van der Waals surface area contributed by atoms with Gasteiger partial charge in [-0.1, -0.05) is 24.3 Å². The zero-order chi connectivity index (χ0) is 21.6. The standard InChI is InChI=1S/C28H21N2O2/c1-16-6-4-5-7-21(16)30-17(2)29(3)28-22(30)10-8-18-9-11-23-27(26(18)28)20-14-19-12-13-31-24(19)15-25(20)32-23/h4-15H,1-3H3/q+1. The van der Waals surface area contributed by atoms with Crippen LogP contribution in [0.3, 0.4) is 0 Å². The summed E-state index contributed by atoms with van der Waals surface area (Å²) in [4.78, 5) is 0. The van der Waals surface area contributed by atoms with E-state index in [1.165, 1.54) is 38.9 Å². The fraction of sp³-hybridized carbons (Fsp3) is 0.107. The number of aryl methyl sites for hydroxylation is 2. The van der Waals surface area contributed by atoms with E-state index in [2.05, 4.69) is 84.6 Å². The number of hydrogen-bond donors (Lipinski definition) is 0. The Morgan fingerprint density at radius 2 is 1.62 bits per heavy atom. The lowest BCUT2D eigenvalue weighted by Gasteiger charge is -2.04. The highest BCUT2D eigenvalue weighted by atomic mass is 16.3. The number of furan rings is 2. The van der Waals surface area contributed by atoms with E-state index in [9.17, 15) is 0 Å².